The number of amides is 1. The number of piperidine rings is 1. The van der Waals surface area contributed by atoms with Gasteiger partial charge in [-0.15, -0.1) is 0 Å². The van der Waals surface area contributed by atoms with E-state index in [1.54, 1.807) is 6.07 Å². The fourth-order valence-corrected chi connectivity index (χ4v) is 4.75. The Morgan fingerprint density at radius 2 is 1.97 bits per heavy atom. The van der Waals surface area contributed by atoms with Crippen LogP contribution in [0.5, 0.6) is 0 Å². The van der Waals surface area contributed by atoms with Crippen molar-refractivity contribution in [2.75, 3.05) is 18.4 Å². The number of benzene rings is 1. The van der Waals surface area contributed by atoms with Gasteiger partial charge in [0.05, 0.1) is 15.8 Å². The molecule has 1 aromatic heterocycles. The average Bonchev–Trinajstić information content (AvgIpc) is 2.75. The number of nitrogens with one attached hydrogen (secondary N) is 1. The van der Waals surface area contributed by atoms with Gasteiger partial charge < -0.3 is 10.1 Å². The fraction of sp³-hybridized carbons (Fsp3) is 0.350. The quantitative estimate of drug-likeness (QED) is 0.652. The third-order valence-corrected chi connectivity index (χ3v) is 6.91. The van der Waals surface area contributed by atoms with Crippen LogP contribution < -0.4 is 5.32 Å². The molecule has 0 radical (unpaired) electrons. The fourth-order valence-electron chi connectivity index (χ4n) is 3.11. The highest BCUT2D eigenvalue weighted by Gasteiger charge is 2.35. The maximum absolute atomic E-state index is 13.1. The number of anilines is 1. The smallest absolute Gasteiger partial charge is 0.311 e. The van der Waals surface area contributed by atoms with Crippen LogP contribution in [-0.2, 0) is 24.3 Å². The highest BCUT2D eigenvalue weighted by atomic mass is 35.5. The topological polar surface area (TPSA) is 106 Å². The monoisotopic (exact) mass is 469 g/mol. The molecule has 0 bridgehead atoms. The maximum Gasteiger partial charge on any atom is 0.311 e. The van der Waals surface area contributed by atoms with Crippen molar-refractivity contribution in [1.82, 2.24) is 9.29 Å². The molecule has 166 valence electrons. The van der Waals surface area contributed by atoms with Gasteiger partial charge in [-0.05, 0) is 56.2 Å². The number of carbonyl (C=O) groups is 2. The number of hydrogen-bond acceptors (Lipinski definition) is 6. The molecule has 0 spiro atoms. The molecule has 2 heterocycles. The molecule has 8 nitrogen and oxygen atoms in total. The van der Waals surface area contributed by atoms with Crippen molar-refractivity contribution >= 4 is 39.3 Å². The largest absolute Gasteiger partial charge is 0.452 e. The van der Waals surface area contributed by atoms with Crippen LogP contribution in [0.25, 0.3) is 0 Å². The molecule has 0 saturated carbocycles. The van der Waals surface area contributed by atoms with Gasteiger partial charge in [0, 0.05) is 19.3 Å². The zero-order chi connectivity index (χ0) is 22.6. The second kappa shape index (κ2) is 9.71. The van der Waals surface area contributed by atoms with Crippen LogP contribution >= 0.6 is 11.6 Å². The molecule has 11 heteroatoms. The van der Waals surface area contributed by atoms with Crippen LogP contribution in [-0.4, -0.2) is 48.8 Å². The second-order valence-corrected chi connectivity index (χ2v) is 9.46. The summed E-state index contributed by atoms with van der Waals surface area (Å²) in [6.45, 7) is 1.58. The van der Waals surface area contributed by atoms with Gasteiger partial charge in [0.2, 0.25) is 10.0 Å². The van der Waals surface area contributed by atoms with Crippen LogP contribution in [0.15, 0.2) is 47.5 Å². The molecule has 3 rings (SSSR count). The minimum absolute atomic E-state index is 0.0499. The van der Waals surface area contributed by atoms with Crippen molar-refractivity contribution in [1.29, 1.82) is 0 Å². The van der Waals surface area contributed by atoms with E-state index in [0.717, 1.165) is 12.1 Å². The molecule has 1 saturated heterocycles. The lowest BCUT2D eigenvalue weighted by molar-refractivity contribution is -0.158. The number of pyridine rings is 1. The number of carbonyl (C=O) groups excluding carboxylic acids is 2. The highest BCUT2D eigenvalue weighted by molar-refractivity contribution is 7.89. The normalized spacial score (nSPS) is 18.2. The Labute approximate surface area is 184 Å². The lowest BCUT2D eigenvalue weighted by Gasteiger charge is -2.31. The summed E-state index contributed by atoms with van der Waals surface area (Å²) in [5, 5.41) is 2.93. The number of halogens is 2. The third kappa shape index (κ3) is 5.78. The zero-order valence-corrected chi connectivity index (χ0v) is 18.2. The van der Waals surface area contributed by atoms with Gasteiger partial charge in [-0.25, -0.2) is 17.8 Å². The number of nitrogens with zero attached hydrogens (tertiary/aromatic N) is 2. The number of rotatable bonds is 6. The lowest BCUT2D eigenvalue weighted by Crippen LogP contribution is -2.44. The highest BCUT2D eigenvalue weighted by Crippen LogP contribution is 2.25. The van der Waals surface area contributed by atoms with Crippen molar-refractivity contribution in [2.45, 2.75) is 30.8 Å². The van der Waals surface area contributed by atoms with E-state index in [-0.39, 0.29) is 23.8 Å². The van der Waals surface area contributed by atoms with Gasteiger partial charge >= 0.3 is 5.97 Å². The molecule has 1 aromatic carbocycles. The zero-order valence-electron chi connectivity index (χ0n) is 16.6. The summed E-state index contributed by atoms with van der Waals surface area (Å²) in [4.78, 5) is 28.7. The number of aromatic nitrogens is 1. The average molecular weight is 470 g/mol. The Morgan fingerprint density at radius 3 is 2.61 bits per heavy atom. The summed E-state index contributed by atoms with van der Waals surface area (Å²) >= 11 is 5.75. The van der Waals surface area contributed by atoms with Crippen LogP contribution in [0.1, 0.15) is 19.8 Å². The molecule has 0 unspecified atom stereocenters. The third-order valence-electron chi connectivity index (χ3n) is 4.81. The molecule has 2 aromatic rings. The van der Waals surface area contributed by atoms with Gasteiger partial charge in [-0.3, -0.25) is 9.59 Å². The summed E-state index contributed by atoms with van der Waals surface area (Å²) in [5.74, 6) is -2.24. The van der Waals surface area contributed by atoms with Crippen LogP contribution in [0, 0.1) is 11.7 Å². The standard InChI is InChI=1S/C20H21ClFN3O5S/c1-13(19(26)24-18-9-4-15(21)11-23-18)30-20(27)14-3-2-10-25(12-14)31(28,29)17-7-5-16(22)6-8-17/h4-9,11,13-14H,2-3,10,12H2,1H3,(H,23,24,26)/t13-,14+/m1/s1. The van der Waals surface area contributed by atoms with Gasteiger partial charge in [0.15, 0.2) is 6.10 Å². The predicted octanol–water partition coefficient (Wildman–Crippen LogP) is 2.85. The number of ether oxygens (including phenoxy) is 1. The molecular formula is C20H21ClFN3O5S. The van der Waals surface area contributed by atoms with Crippen molar-refractivity contribution in [3.63, 3.8) is 0 Å². The van der Waals surface area contributed by atoms with E-state index in [4.69, 9.17) is 16.3 Å². The van der Waals surface area contributed by atoms with E-state index in [2.05, 4.69) is 10.3 Å². The van der Waals surface area contributed by atoms with E-state index in [1.807, 2.05) is 0 Å². The van der Waals surface area contributed by atoms with Crippen LogP contribution in [0.4, 0.5) is 10.2 Å². The molecule has 31 heavy (non-hydrogen) atoms. The summed E-state index contributed by atoms with van der Waals surface area (Å²) in [7, 11) is -3.87. The number of esters is 1. The molecule has 1 amide bonds. The maximum atomic E-state index is 13.1. The Bertz CT molecular complexity index is 1050. The second-order valence-electron chi connectivity index (χ2n) is 7.09. The minimum atomic E-state index is -3.87. The van der Waals surface area contributed by atoms with E-state index in [1.165, 1.54) is 35.6 Å². The molecule has 1 fully saturated rings. The molecule has 1 N–H and O–H groups in total. The Kier molecular flexibility index (Phi) is 7.24. The first-order valence-corrected chi connectivity index (χ1v) is 11.4. The molecule has 0 aliphatic carbocycles. The summed E-state index contributed by atoms with van der Waals surface area (Å²) in [6.07, 6.45) is 1.15. The lowest BCUT2D eigenvalue weighted by atomic mass is 10.00. The van der Waals surface area contributed by atoms with E-state index < -0.39 is 39.7 Å². The molecular weight excluding hydrogens is 449 g/mol. The van der Waals surface area contributed by atoms with Crippen LogP contribution in [0.3, 0.4) is 0 Å². The molecule has 1 aliphatic heterocycles. The van der Waals surface area contributed by atoms with Gasteiger partial charge in [-0.1, -0.05) is 11.6 Å². The first-order valence-electron chi connectivity index (χ1n) is 9.55. The van der Waals surface area contributed by atoms with Crippen molar-refractivity contribution in [2.24, 2.45) is 5.92 Å². The van der Waals surface area contributed by atoms with E-state index in [0.29, 0.717) is 17.9 Å². The number of sulfonamides is 1. The summed E-state index contributed by atoms with van der Waals surface area (Å²) < 4.78 is 45.1. The van der Waals surface area contributed by atoms with Crippen LogP contribution in [0.2, 0.25) is 5.02 Å². The Balaban J connectivity index is 1.60. The number of hydrogen-bond donors (Lipinski definition) is 1. The Morgan fingerprint density at radius 1 is 1.26 bits per heavy atom. The van der Waals surface area contributed by atoms with Gasteiger partial charge in [0.25, 0.3) is 5.91 Å². The first-order chi connectivity index (χ1) is 14.7. The van der Waals surface area contributed by atoms with Gasteiger partial charge in [0.1, 0.15) is 11.6 Å². The van der Waals surface area contributed by atoms with Crippen molar-refractivity contribution < 1.29 is 27.1 Å². The van der Waals surface area contributed by atoms with Crippen molar-refractivity contribution in [3.8, 4) is 0 Å². The van der Waals surface area contributed by atoms with Gasteiger partial charge in [-0.2, -0.15) is 4.31 Å². The molecule has 2 atom stereocenters. The Hall–Kier alpha value is -2.56. The van der Waals surface area contributed by atoms with E-state index >= 15 is 0 Å². The molecule has 1 aliphatic rings. The van der Waals surface area contributed by atoms with E-state index in [9.17, 15) is 22.4 Å². The predicted molar refractivity (Wildman–Crippen MR) is 111 cm³/mol. The SMILES string of the molecule is C[C@@H](OC(=O)[C@H]1CCCN(S(=O)(=O)c2ccc(F)cc2)C1)C(=O)Nc1ccc(Cl)cn1. The minimum Gasteiger partial charge on any atom is -0.452 e. The summed E-state index contributed by atoms with van der Waals surface area (Å²) in [6, 6.07) is 7.57. The van der Waals surface area contributed by atoms with Crippen molar-refractivity contribution in [3.05, 3.63) is 53.4 Å². The summed E-state index contributed by atoms with van der Waals surface area (Å²) in [5.41, 5.74) is 0. The first kappa shape index (κ1) is 23.1.